The van der Waals surface area contributed by atoms with Gasteiger partial charge in [-0.15, -0.1) is 11.3 Å². The third-order valence-corrected chi connectivity index (χ3v) is 7.21. The summed E-state index contributed by atoms with van der Waals surface area (Å²) < 4.78 is 0. The minimum atomic E-state index is -0.555. The first kappa shape index (κ1) is 21.7. The van der Waals surface area contributed by atoms with Crippen LogP contribution in [0.3, 0.4) is 0 Å². The van der Waals surface area contributed by atoms with Crippen molar-refractivity contribution in [1.29, 1.82) is 0 Å². The fraction of sp³-hybridized carbons (Fsp3) is 0.391. The van der Waals surface area contributed by atoms with E-state index in [0.29, 0.717) is 24.7 Å². The lowest BCUT2D eigenvalue weighted by Crippen LogP contribution is -2.28. The molecule has 33 heavy (non-hydrogen) atoms. The second-order valence-electron chi connectivity index (χ2n) is 8.56. The smallest absolute Gasteiger partial charge is 0.225 e. The minimum absolute atomic E-state index is 0.0242. The van der Waals surface area contributed by atoms with Crippen molar-refractivity contribution in [2.75, 3.05) is 17.2 Å². The van der Waals surface area contributed by atoms with Crippen molar-refractivity contribution < 1.29 is 10.2 Å². The van der Waals surface area contributed by atoms with Gasteiger partial charge in [0.1, 0.15) is 10.8 Å². The molecule has 1 aliphatic carbocycles. The molecule has 4 atom stereocenters. The van der Waals surface area contributed by atoms with E-state index in [1.807, 2.05) is 25.3 Å². The van der Waals surface area contributed by atoms with E-state index in [1.165, 1.54) is 0 Å². The zero-order valence-electron chi connectivity index (χ0n) is 18.5. The zero-order valence-corrected chi connectivity index (χ0v) is 19.3. The summed E-state index contributed by atoms with van der Waals surface area (Å²) >= 11 is 1.58. The van der Waals surface area contributed by atoms with Gasteiger partial charge in [-0.1, -0.05) is 6.92 Å². The van der Waals surface area contributed by atoms with Gasteiger partial charge in [0.25, 0.3) is 0 Å². The highest BCUT2D eigenvalue weighted by atomic mass is 32.1. The van der Waals surface area contributed by atoms with Crippen LogP contribution in [-0.4, -0.2) is 53.9 Å². The standard InChI is InChI=1S/C23H27N7O2S/c1-12-16(8-15(11-31)21(12)32)29-22-20(17-7-14-3-4-24-9-18(14)28-17)13(2)27-23(30-22)26-10-19-25-5-6-33-19/h3-7,9,12,15-16,21,28,31-32H,8,10-11H2,1-2H3,(H2,26,27,29,30). The fourth-order valence-corrected chi connectivity index (χ4v) is 5.13. The van der Waals surface area contributed by atoms with Gasteiger partial charge in [-0.3, -0.25) is 4.98 Å². The minimum Gasteiger partial charge on any atom is -0.396 e. The first-order chi connectivity index (χ1) is 16.0. The van der Waals surface area contributed by atoms with Gasteiger partial charge in [0, 0.05) is 47.6 Å². The van der Waals surface area contributed by atoms with E-state index in [2.05, 4.69) is 31.7 Å². The molecule has 10 heteroatoms. The van der Waals surface area contributed by atoms with Crippen molar-refractivity contribution in [3.8, 4) is 11.3 Å². The monoisotopic (exact) mass is 465 g/mol. The second kappa shape index (κ2) is 9.05. The molecule has 0 saturated heterocycles. The van der Waals surface area contributed by atoms with Crippen molar-refractivity contribution in [1.82, 2.24) is 24.9 Å². The predicted molar refractivity (Wildman–Crippen MR) is 129 cm³/mol. The Balaban J connectivity index is 1.52. The molecule has 0 spiro atoms. The Kier molecular flexibility index (Phi) is 5.96. The lowest BCUT2D eigenvalue weighted by Gasteiger charge is -2.22. The third kappa shape index (κ3) is 4.29. The number of fused-ring (bicyclic) bond motifs is 1. The van der Waals surface area contributed by atoms with Crippen LogP contribution < -0.4 is 10.6 Å². The average Bonchev–Trinajstić information content (AvgIpc) is 3.53. The quantitative estimate of drug-likeness (QED) is 0.281. The third-order valence-electron chi connectivity index (χ3n) is 6.43. The maximum absolute atomic E-state index is 10.5. The molecule has 4 aromatic rings. The van der Waals surface area contributed by atoms with Crippen LogP contribution in [0.5, 0.6) is 0 Å². The fourth-order valence-electron chi connectivity index (χ4n) is 4.58. The molecule has 0 aliphatic heterocycles. The lowest BCUT2D eigenvalue weighted by atomic mass is 10.0. The summed E-state index contributed by atoms with van der Waals surface area (Å²) in [6.07, 6.45) is 5.46. The van der Waals surface area contributed by atoms with E-state index in [0.717, 1.165) is 32.9 Å². The van der Waals surface area contributed by atoms with Gasteiger partial charge in [0.05, 0.1) is 41.3 Å². The Morgan fingerprint density at radius 2 is 2.15 bits per heavy atom. The summed E-state index contributed by atoms with van der Waals surface area (Å²) in [7, 11) is 0. The molecule has 4 unspecified atom stereocenters. The molecule has 4 heterocycles. The number of anilines is 2. The molecular formula is C23H27N7O2S. The molecule has 9 nitrogen and oxygen atoms in total. The van der Waals surface area contributed by atoms with Crippen LogP contribution in [0.25, 0.3) is 22.2 Å². The van der Waals surface area contributed by atoms with Gasteiger partial charge in [-0.05, 0) is 25.5 Å². The number of rotatable bonds is 7. The van der Waals surface area contributed by atoms with Crippen LogP contribution in [0.1, 0.15) is 24.0 Å². The maximum Gasteiger partial charge on any atom is 0.225 e. The Bertz CT molecular complexity index is 1210. The summed E-state index contributed by atoms with van der Waals surface area (Å²) in [5.41, 5.74) is 3.53. The molecule has 172 valence electrons. The highest BCUT2D eigenvalue weighted by molar-refractivity contribution is 7.09. The van der Waals surface area contributed by atoms with Crippen LogP contribution in [0.4, 0.5) is 11.8 Å². The van der Waals surface area contributed by atoms with Crippen molar-refractivity contribution in [3.63, 3.8) is 0 Å². The number of aliphatic hydroxyl groups excluding tert-OH is 2. The van der Waals surface area contributed by atoms with E-state index < -0.39 is 6.10 Å². The molecule has 1 fully saturated rings. The molecule has 5 rings (SSSR count). The lowest BCUT2D eigenvalue weighted by molar-refractivity contribution is 0.0655. The number of H-pyrrole nitrogens is 1. The van der Waals surface area contributed by atoms with Crippen molar-refractivity contribution in [2.45, 2.75) is 39.0 Å². The Morgan fingerprint density at radius 1 is 1.27 bits per heavy atom. The number of aliphatic hydroxyl groups is 2. The number of aromatic amines is 1. The highest BCUT2D eigenvalue weighted by Crippen LogP contribution is 2.37. The zero-order chi connectivity index (χ0) is 22.9. The number of aromatic nitrogens is 5. The SMILES string of the molecule is Cc1nc(NCc2nccs2)nc(NC2CC(CO)C(O)C2C)c1-c1cc2ccncc2[nH]1. The van der Waals surface area contributed by atoms with Gasteiger partial charge < -0.3 is 25.8 Å². The normalized spacial score (nSPS) is 22.7. The molecule has 0 aromatic carbocycles. The van der Waals surface area contributed by atoms with Crippen LogP contribution >= 0.6 is 11.3 Å². The first-order valence-electron chi connectivity index (χ1n) is 11.0. The molecule has 0 amide bonds. The first-order valence-corrected chi connectivity index (χ1v) is 11.9. The summed E-state index contributed by atoms with van der Waals surface area (Å²) in [6, 6.07) is 4.01. The van der Waals surface area contributed by atoms with Crippen LogP contribution in [-0.2, 0) is 6.54 Å². The molecule has 5 N–H and O–H groups in total. The molecule has 4 aromatic heterocycles. The van der Waals surface area contributed by atoms with Crippen LogP contribution in [0.15, 0.2) is 36.1 Å². The number of pyridine rings is 1. The summed E-state index contributed by atoms with van der Waals surface area (Å²) in [5.74, 6) is 1.03. The largest absolute Gasteiger partial charge is 0.396 e. The molecule has 0 bridgehead atoms. The van der Waals surface area contributed by atoms with E-state index in [4.69, 9.17) is 9.97 Å². The van der Waals surface area contributed by atoms with Crippen molar-refractivity contribution in [2.24, 2.45) is 11.8 Å². The van der Waals surface area contributed by atoms with Crippen LogP contribution in [0, 0.1) is 18.8 Å². The van der Waals surface area contributed by atoms with Crippen LogP contribution in [0.2, 0.25) is 0 Å². The molecule has 0 radical (unpaired) electrons. The second-order valence-corrected chi connectivity index (χ2v) is 9.54. The summed E-state index contributed by atoms with van der Waals surface area (Å²) in [4.78, 5) is 21.5. The summed E-state index contributed by atoms with van der Waals surface area (Å²) in [6.45, 7) is 4.47. The molecule has 1 saturated carbocycles. The van der Waals surface area contributed by atoms with E-state index >= 15 is 0 Å². The number of aryl methyl sites for hydroxylation is 1. The highest BCUT2D eigenvalue weighted by Gasteiger charge is 2.39. The number of hydrogen-bond acceptors (Lipinski definition) is 9. The van der Waals surface area contributed by atoms with E-state index in [9.17, 15) is 10.2 Å². The number of hydrogen-bond donors (Lipinski definition) is 5. The van der Waals surface area contributed by atoms with Gasteiger partial charge in [0.15, 0.2) is 0 Å². The number of nitrogens with zero attached hydrogens (tertiary/aromatic N) is 4. The van der Waals surface area contributed by atoms with Gasteiger partial charge in [-0.2, -0.15) is 4.98 Å². The summed E-state index contributed by atoms with van der Waals surface area (Å²) in [5, 5.41) is 31.0. The average molecular weight is 466 g/mol. The Labute approximate surface area is 195 Å². The van der Waals surface area contributed by atoms with Gasteiger partial charge in [0.2, 0.25) is 5.95 Å². The van der Waals surface area contributed by atoms with Gasteiger partial charge in [-0.25, -0.2) is 9.97 Å². The molecular weight excluding hydrogens is 438 g/mol. The Morgan fingerprint density at radius 3 is 2.88 bits per heavy atom. The van der Waals surface area contributed by atoms with Crippen molar-refractivity contribution >= 4 is 34.0 Å². The number of nitrogens with one attached hydrogen (secondary N) is 3. The maximum atomic E-state index is 10.5. The topological polar surface area (TPSA) is 132 Å². The Hall–Kier alpha value is -3.08. The van der Waals surface area contributed by atoms with Gasteiger partial charge >= 0.3 is 0 Å². The van der Waals surface area contributed by atoms with E-state index in [1.54, 1.807) is 29.9 Å². The van der Waals surface area contributed by atoms with E-state index in [-0.39, 0.29) is 24.5 Å². The predicted octanol–water partition coefficient (Wildman–Crippen LogP) is 3.19. The molecule has 1 aliphatic rings. The number of thiazole rings is 1. The van der Waals surface area contributed by atoms with Crippen molar-refractivity contribution in [3.05, 3.63) is 46.8 Å².